The van der Waals surface area contributed by atoms with E-state index in [1.54, 1.807) is 11.0 Å². The van der Waals surface area contributed by atoms with Gasteiger partial charge in [-0.3, -0.25) is 10.1 Å². The van der Waals surface area contributed by atoms with E-state index < -0.39 is 0 Å². The minimum absolute atomic E-state index is 0.271. The van der Waals surface area contributed by atoms with Crippen LogP contribution in [0.15, 0.2) is 6.07 Å². The number of carbonyl (C=O) groups is 1. The van der Waals surface area contributed by atoms with Crippen molar-refractivity contribution in [2.45, 2.75) is 20.8 Å². The molecule has 0 atom stereocenters. The molecule has 20 heavy (non-hydrogen) atoms. The summed E-state index contributed by atoms with van der Waals surface area (Å²) in [6, 6.07) is 1.66. The molecule has 0 fully saturated rings. The first-order valence-corrected chi connectivity index (χ1v) is 6.97. The van der Waals surface area contributed by atoms with Gasteiger partial charge in [-0.15, -0.1) is 11.3 Å². The van der Waals surface area contributed by atoms with Gasteiger partial charge >= 0.3 is 0 Å². The van der Waals surface area contributed by atoms with Gasteiger partial charge in [0.25, 0.3) is 5.91 Å². The molecule has 0 aliphatic heterocycles. The van der Waals surface area contributed by atoms with Crippen molar-refractivity contribution in [1.29, 1.82) is 0 Å². The fraction of sp³-hybridized carbons (Fsp3) is 0.385. The van der Waals surface area contributed by atoms with Gasteiger partial charge in [0, 0.05) is 24.7 Å². The lowest BCUT2D eigenvalue weighted by atomic mass is 10.3. The number of hydrogen-bond donors (Lipinski definition) is 1. The summed E-state index contributed by atoms with van der Waals surface area (Å²) in [6.07, 6.45) is 0. The Morgan fingerprint density at radius 2 is 1.90 bits per heavy atom. The molecular weight excluding hydrogens is 274 g/mol. The molecule has 2 rings (SSSR count). The fourth-order valence-corrected chi connectivity index (χ4v) is 2.37. The molecule has 106 valence electrons. The molecule has 0 aliphatic rings. The Balaban J connectivity index is 2.24. The zero-order valence-corrected chi connectivity index (χ0v) is 13.0. The molecule has 2 heterocycles. The first-order valence-electron chi connectivity index (χ1n) is 6.15. The van der Waals surface area contributed by atoms with Crippen LogP contribution in [-0.4, -0.2) is 35.0 Å². The number of hydrogen-bond acceptors (Lipinski definition) is 6. The van der Waals surface area contributed by atoms with Crippen LogP contribution in [0.4, 0.5) is 11.1 Å². The van der Waals surface area contributed by atoms with E-state index in [1.807, 2.05) is 34.9 Å². The van der Waals surface area contributed by atoms with Crippen LogP contribution in [0, 0.1) is 20.8 Å². The van der Waals surface area contributed by atoms with Crippen LogP contribution in [0.25, 0.3) is 0 Å². The maximum Gasteiger partial charge on any atom is 0.276 e. The summed E-state index contributed by atoms with van der Waals surface area (Å²) >= 11 is 1.46. The van der Waals surface area contributed by atoms with Crippen molar-refractivity contribution in [2.75, 3.05) is 24.3 Å². The smallest absolute Gasteiger partial charge is 0.276 e. The minimum atomic E-state index is -0.271. The predicted octanol–water partition coefficient (Wildman–Crippen LogP) is 2.18. The lowest BCUT2D eigenvalue weighted by Crippen LogP contribution is -2.19. The van der Waals surface area contributed by atoms with E-state index in [2.05, 4.69) is 20.3 Å². The van der Waals surface area contributed by atoms with Crippen molar-refractivity contribution in [2.24, 2.45) is 0 Å². The van der Waals surface area contributed by atoms with E-state index in [1.165, 1.54) is 11.3 Å². The van der Waals surface area contributed by atoms with Crippen molar-refractivity contribution < 1.29 is 4.79 Å². The van der Waals surface area contributed by atoms with Gasteiger partial charge in [0.1, 0.15) is 5.69 Å². The molecule has 0 spiro atoms. The van der Waals surface area contributed by atoms with Crippen molar-refractivity contribution >= 4 is 28.3 Å². The highest BCUT2D eigenvalue weighted by molar-refractivity contribution is 7.15. The average molecular weight is 291 g/mol. The zero-order valence-electron chi connectivity index (χ0n) is 12.2. The van der Waals surface area contributed by atoms with Crippen LogP contribution < -0.4 is 10.2 Å². The molecule has 0 bridgehead atoms. The molecule has 0 radical (unpaired) electrons. The van der Waals surface area contributed by atoms with Gasteiger partial charge in [-0.2, -0.15) is 0 Å². The SMILES string of the molecule is Cc1cc(C(=O)Nc2nc(C)c(C)s2)nc(N(C)C)n1. The Morgan fingerprint density at radius 1 is 1.20 bits per heavy atom. The normalized spacial score (nSPS) is 10.4. The van der Waals surface area contributed by atoms with E-state index in [9.17, 15) is 4.79 Å². The Labute approximate surface area is 121 Å². The summed E-state index contributed by atoms with van der Waals surface area (Å²) in [7, 11) is 3.67. The molecular formula is C13H17N5OS. The number of aryl methyl sites for hydroxylation is 3. The number of nitrogens with zero attached hydrogens (tertiary/aromatic N) is 4. The number of thiazole rings is 1. The van der Waals surface area contributed by atoms with Crippen molar-refractivity contribution in [3.63, 3.8) is 0 Å². The first-order chi connectivity index (χ1) is 9.36. The second-order valence-electron chi connectivity index (χ2n) is 4.70. The van der Waals surface area contributed by atoms with Gasteiger partial charge in [0.15, 0.2) is 5.13 Å². The number of nitrogens with one attached hydrogen (secondary N) is 1. The topological polar surface area (TPSA) is 71.0 Å². The molecule has 0 aliphatic carbocycles. The van der Waals surface area contributed by atoms with Gasteiger partial charge in [0.05, 0.1) is 5.69 Å². The van der Waals surface area contributed by atoms with Gasteiger partial charge < -0.3 is 4.90 Å². The van der Waals surface area contributed by atoms with Gasteiger partial charge in [0.2, 0.25) is 5.95 Å². The van der Waals surface area contributed by atoms with E-state index in [-0.39, 0.29) is 5.91 Å². The van der Waals surface area contributed by atoms with Crippen molar-refractivity contribution in [1.82, 2.24) is 15.0 Å². The molecule has 0 saturated heterocycles. The van der Waals surface area contributed by atoms with Crippen LogP contribution in [0.5, 0.6) is 0 Å². The second-order valence-corrected chi connectivity index (χ2v) is 5.91. The Hall–Kier alpha value is -2.02. The van der Waals surface area contributed by atoms with Crippen molar-refractivity contribution in [3.05, 3.63) is 28.0 Å². The molecule has 1 amide bonds. The number of aromatic nitrogens is 3. The summed E-state index contributed by atoms with van der Waals surface area (Å²) in [5.74, 6) is 0.244. The summed E-state index contributed by atoms with van der Waals surface area (Å²) < 4.78 is 0. The number of amides is 1. The highest BCUT2D eigenvalue weighted by atomic mass is 32.1. The summed E-state index contributed by atoms with van der Waals surface area (Å²) in [5.41, 5.74) is 2.02. The molecule has 7 heteroatoms. The average Bonchev–Trinajstić information content (AvgIpc) is 2.67. The lowest BCUT2D eigenvalue weighted by molar-refractivity contribution is 0.102. The van der Waals surface area contributed by atoms with E-state index in [4.69, 9.17) is 0 Å². The third-order valence-corrected chi connectivity index (χ3v) is 3.71. The Morgan fingerprint density at radius 3 is 2.45 bits per heavy atom. The van der Waals surface area contributed by atoms with Crippen LogP contribution in [0.3, 0.4) is 0 Å². The zero-order chi connectivity index (χ0) is 14.9. The first kappa shape index (κ1) is 14.4. The standard InChI is InChI=1S/C13H17N5OS/c1-7-6-10(16-12(14-7)18(4)5)11(19)17-13-15-8(2)9(3)20-13/h6H,1-5H3,(H,15,17,19). The summed E-state index contributed by atoms with van der Waals surface area (Å²) in [4.78, 5) is 27.9. The second kappa shape index (κ2) is 5.54. The molecule has 1 N–H and O–H groups in total. The van der Waals surface area contributed by atoms with Gasteiger partial charge in [-0.25, -0.2) is 15.0 Å². The van der Waals surface area contributed by atoms with Crippen LogP contribution in [-0.2, 0) is 0 Å². The fourth-order valence-electron chi connectivity index (χ4n) is 1.56. The van der Waals surface area contributed by atoms with Gasteiger partial charge in [-0.05, 0) is 26.8 Å². The van der Waals surface area contributed by atoms with Crippen LogP contribution in [0.1, 0.15) is 26.8 Å². The Bertz CT molecular complexity index is 631. The summed E-state index contributed by atoms with van der Waals surface area (Å²) in [6.45, 7) is 5.73. The van der Waals surface area contributed by atoms with Crippen LogP contribution >= 0.6 is 11.3 Å². The third kappa shape index (κ3) is 3.11. The predicted molar refractivity (Wildman–Crippen MR) is 80.6 cm³/mol. The maximum atomic E-state index is 12.2. The maximum absolute atomic E-state index is 12.2. The monoisotopic (exact) mass is 291 g/mol. The Kier molecular flexibility index (Phi) is 3.99. The summed E-state index contributed by atoms with van der Waals surface area (Å²) in [5, 5.41) is 3.36. The molecule has 2 aromatic heterocycles. The largest absolute Gasteiger partial charge is 0.347 e. The minimum Gasteiger partial charge on any atom is -0.347 e. The van der Waals surface area contributed by atoms with Crippen molar-refractivity contribution in [3.8, 4) is 0 Å². The third-order valence-electron chi connectivity index (χ3n) is 2.72. The molecule has 0 saturated carbocycles. The molecule has 0 unspecified atom stereocenters. The van der Waals surface area contributed by atoms with E-state index in [0.29, 0.717) is 16.8 Å². The van der Waals surface area contributed by atoms with E-state index >= 15 is 0 Å². The number of carbonyl (C=O) groups excluding carboxylic acids is 1. The molecule has 0 aromatic carbocycles. The molecule has 2 aromatic rings. The lowest BCUT2D eigenvalue weighted by Gasteiger charge is -2.11. The quantitative estimate of drug-likeness (QED) is 0.938. The van der Waals surface area contributed by atoms with E-state index in [0.717, 1.165) is 16.3 Å². The highest BCUT2D eigenvalue weighted by Crippen LogP contribution is 2.21. The number of rotatable bonds is 3. The van der Waals surface area contributed by atoms with Gasteiger partial charge in [-0.1, -0.05) is 0 Å². The number of anilines is 2. The van der Waals surface area contributed by atoms with Crippen LogP contribution in [0.2, 0.25) is 0 Å². The molecule has 6 nitrogen and oxygen atoms in total. The highest BCUT2D eigenvalue weighted by Gasteiger charge is 2.14.